The Morgan fingerprint density at radius 3 is 2.20 bits per heavy atom. The zero-order valence-electron chi connectivity index (χ0n) is 14.9. The molecule has 25 heavy (non-hydrogen) atoms. The number of carbonyl (C=O) groups excluding carboxylic acids is 2. The zero-order valence-corrected chi connectivity index (χ0v) is 14.9. The molecular weight excluding hydrogens is 322 g/mol. The van der Waals surface area contributed by atoms with Crippen molar-refractivity contribution in [2.75, 3.05) is 0 Å². The molecule has 0 aliphatic rings. The summed E-state index contributed by atoms with van der Waals surface area (Å²) in [5, 5.41) is 14.0. The number of carboxylic acid groups (broad SMARTS) is 1. The monoisotopic (exact) mass is 349 g/mol. The minimum atomic E-state index is -1.14. The SMILES string of the molecule is CC[C@H](C)[C@H](N)C(=O)N[C@@H](Cc1ccccc1)C(=O)N[C@@H](C)C(=O)O. The van der Waals surface area contributed by atoms with Crippen LogP contribution in [0.3, 0.4) is 0 Å². The highest BCUT2D eigenvalue weighted by Gasteiger charge is 2.27. The van der Waals surface area contributed by atoms with Gasteiger partial charge in [-0.1, -0.05) is 50.6 Å². The zero-order chi connectivity index (χ0) is 19.0. The summed E-state index contributed by atoms with van der Waals surface area (Å²) in [5.41, 5.74) is 6.77. The Labute approximate surface area is 148 Å². The van der Waals surface area contributed by atoms with Crippen LogP contribution in [0.1, 0.15) is 32.8 Å². The fraction of sp³-hybridized carbons (Fsp3) is 0.500. The van der Waals surface area contributed by atoms with Gasteiger partial charge in [-0.2, -0.15) is 0 Å². The van der Waals surface area contributed by atoms with Gasteiger partial charge in [-0.15, -0.1) is 0 Å². The third kappa shape index (κ3) is 6.54. The van der Waals surface area contributed by atoms with E-state index in [2.05, 4.69) is 10.6 Å². The molecule has 7 nitrogen and oxygen atoms in total. The third-order valence-electron chi connectivity index (χ3n) is 4.20. The van der Waals surface area contributed by atoms with Crippen molar-refractivity contribution in [1.29, 1.82) is 0 Å². The molecule has 4 atom stereocenters. The molecule has 2 amide bonds. The smallest absolute Gasteiger partial charge is 0.325 e. The summed E-state index contributed by atoms with van der Waals surface area (Å²) in [7, 11) is 0. The van der Waals surface area contributed by atoms with Crippen molar-refractivity contribution in [2.45, 2.75) is 51.7 Å². The van der Waals surface area contributed by atoms with E-state index in [1.165, 1.54) is 6.92 Å². The van der Waals surface area contributed by atoms with Crippen LogP contribution in [0.5, 0.6) is 0 Å². The molecule has 0 unspecified atom stereocenters. The van der Waals surface area contributed by atoms with Gasteiger partial charge < -0.3 is 21.5 Å². The van der Waals surface area contributed by atoms with Crippen LogP contribution >= 0.6 is 0 Å². The maximum atomic E-state index is 12.4. The molecular formula is C18H27N3O4. The van der Waals surface area contributed by atoms with E-state index in [-0.39, 0.29) is 12.3 Å². The Balaban J connectivity index is 2.88. The first-order valence-corrected chi connectivity index (χ1v) is 8.39. The van der Waals surface area contributed by atoms with Crippen LogP contribution in [0.2, 0.25) is 0 Å². The van der Waals surface area contributed by atoms with Gasteiger partial charge in [0.15, 0.2) is 0 Å². The molecule has 7 heteroatoms. The number of hydrogen-bond donors (Lipinski definition) is 4. The van der Waals surface area contributed by atoms with Crippen LogP contribution in [0.4, 0.5) is 0 Å². The molecule has 0 saturated heterocycles. The highest BCUT2D eigenvalue weighted by Crippen LogP contribution is 2.08. The van der Waals surface area contributed by atoms with Gasteiger partial charge in [0.25, 0.3) is 0 Å². The number of amides is 2. The lowest BCUT2D eigenvalue weighted by Gasteiger charge is -2.24. The Kier molecular flexibility index (Phi) is 8.07. The van der Waals surface area contributed by atoms with E-state index in [4.69, 9.17) is 10.8 Å². The van der Waals surface area contributed by atoms with Crippen molar-refractivity contribution in [3.8, 4) is 0 Å². The van der Waals surface area contributed by atoms with Gasteiger partial charge in [0, 0.05) is 6.42 Å². The summed E-state index contributed by atoms with van der Waals surface area (Å²) in [4.78, 5) is 35.7. The number of nitrogens with one attached hydrogen (secondary N) is 2. The fourth-order valence-electron chi connectivity index (χ4n) is 2.22. The Hall–Kier alpha value is -2.41. The van der Waals surface area contributed by atoms with E-state index < -0.39 is 35.9 Å². The maximum Gasteiger partial charge on any atom is 0.325 e. The van der Waals surface area contributed by atoms with Crippen LogP contribution in [-0.4, -0.2) is 41.0 Å². The maximum absolute atomic E-state index is 12.4. The lowest BCUT2D eigenvalue weighted by atomic mass is 9.98. The molecule has 0 aliphatic carbocycles. The van der Waals surface area contributed by atoms with Crippen molar-refractivity contribution < 1.29 is 19.5 Å². The van der Waals surface area contributed by atoms with Gasteiger partial charge in [0.1, 0.15) is 12.1 Å². The van der Waals surface area contributed by atoms with E-state index in [9.17, 15) is 14.4 Å². The van der Waals surface area contributed by atoms with Gasteiger partial charge in [0.2, 0.25) is 11.8 Å². The molecule has 1 aromatic rings. The molecule has 0 aliphatic heterocycles. The van der Waals surface area contributed by atoms with Gasteiger partial charge in [-0.3, -0.25) is 14.4 Å². The first-order valence-electron chi connectivity index (χ1n) is 8.39. The van der Waals surface area contributed by atoms with Crippen molar-refractivity contribution in [2.24, 2.45) is 11.7 Å². The number of benzene rings is 1. The number of aliphatic carboxylic acids is 1. The molecule has 0 spiro atoms. The van der Waals surface area contributed by atoms with Gasteiger partial charge >= 0.3 is 5.97 Å². The number of hydrogen-bond acceptors (Lipinski definition) is 4. The lowest BCUT2D eigenvalue weighted by molar-refractivity contribution is -0.141. The second-order valence-electron chi connectivity index (χ2n) is 6.23. The van der Waals surface area contributed by atoms with Crippen molar-refractivity contribution >= 4 is 17.8 Å². The summed E-state index contributed by atoms with van der Waals surface area (Å²) in [6.45, 7) is 5.16. The van der Waals surface area contributed by atoms with Crippen molar-refractivity contribution in [3.63, 3.8) is 0 Å². The van der Waals surface area contributed by atoms with Crippen LogP contribution in [-0.2, 0) is 20.8 Å². The molecule has 1 rings (SSSR count). The highest BCUT2D eigenvalue weighted by atomic mass is 16.4. The summed E-state index contributed by atoms with van der Waals surface area (Å²) in [6.07, 6.45) is 0.984. The Morgan fingerprint density at radius 2 is 1.68 bits per heavy atom. The van der Waals surface area contributed by atoms with Crippen LogP contribution < -0.4 is 16.4 Å². The molecule has 138 valence electrons. The van der Waals surface area contributed by atoms with Gasteiger partial charge in [-0.25, -0.2) is 0 Å². The second-order valence-corrected chi connectivity index (χ2v) is 6.23. The van der Waals surface area contributed by atoms with E-state index in [0.29, 0.717) is 0 Å². The average Bonchev–Trinajstić information content (AvgIpc) is 2.60. The van der Waals surface area contributed by atoms with E-state index in [1.807, 2.05) is 44.2 Å². The van der Waals surface area contributed by atoms with Crippen LogP contribution in [0.25, 0.3) is 0 Å². The number of rotatable bonds is 9. The molecule has 0 heterocycles. The molecule has 0 bridgehead atoms. The standard InChI is InChI=1S/C18H27N3O4/c1-4-11(2)15(19)17(23)21-14(10-13-8-6-5-7-9-13)16(22)20-12(3)18(24)25/h5-9,11-12,14-15H,4,10,19H2,1-3H3,(H,20,22)(H,21,23)(H,24,25)/t11-,12-,14-,15-/m0/s1. The normalized spacial score (nSPS) is 15.5. The average molecular weight is 349 g/mol. The van der Waals surface area contributed by atoms with Crippen LogP contribution in [0.15, 0.2) is 30.3 Å². The number of nitrogens with two attached hydrogens (primary N) is 1. The quantitative estimate of drug-likeness (QED) is 0.522. The summed E-state index contributed by atoms with van der Waals surface area (Å²) < 4.78 is 0. The highest BCUT2D eigenvalue weighted by molar-refractivity contribution is 5.91. The molecule has 0 fully saturated rings. The van der Waals surface area contributed by atoms with Gasteiger partial charge in [0.05, 0.1) is 6.04 Å². The van der Waals surface area contributed by atoms with E-state index in [0.717, 1.165) is 12.0 Å². The Morgan fingerprint density at radius 1 is 1.08 bits per heavy atom. The summed E-state index contributed by atoms with van der Waals surface area (Å²) >= 11 is 0. The molecule has 0 saturated carbocycles. The van der Waals surface area contributed by atoms with E-state index in [1.54, 1.807) is 0 Å². The first-order chi connectivity index (χ1) is 11.8. The summed E-state index contributed by atoms with van der Waals surface area (Å²) in [5.74, 6) is -2.15. The predicted molar refractivity (Wildman–Crippen MR) is 94.7 cm³/mol. The number of carboxylic acids is 1. The molecule has 5 N–H and O–H groups in total. The van der Waals surface area contributed by atoms with Crippen molar-refractivity contribution in [1.82, 2.24) is 10.6 Å². The first kappa shape index (κ1) is 20.6. The predicted octanol–water partition coefficient (Wildman–Crippen LogP) is 0.677. The van der Waals surface area contributed by atoms with E-state index >= 15 is 0 Å². The fourth-order valence-corrected chi connectivity index (χ4v) is 2.22. The molecule has 0 radical (unpaired) electrons. The topological polar surface area (TPSA) is 122 Å². The molecule has 0 aromatic heterocycles. The van der Waals surface area contributed by atoms with Crippen LogP contribution in [0, 0.1) is 5.92 Å². The van der Waals surface area contributed by atoms with Crippen molar-refractivity contribution in [3.05, 3.63) is 35.9 Å². The number of carbonyl (C=O) groups is 3. The lowest BCUT2D eigenvalue weighted by Crippen LogP contribution is -2.55. The summed E-state index contributed by atoms with van der Waals surface area (Å²) in [6, 6.07) is 6.50. The molecule has 1 aromatic carbocycles. The minimum absolute atomic E-state index is 0.0293. The largest absolute Gasteiger partial charge is 0.480 e. The third-order valence-corrected chi connectivity index (χ3v) is 4.20. The minimum Gasteiger partial charge on any atom is -0.480 e. The second kappa shape index (κ2) is 9.78. The Bertz CT molecular complexity index is 591. The van der Waals surface area contributed by atoms with Gasteiger partial charge in [-0.05, 0) is 18.4 Å².